The fraction of sp³-hybridized carbons (Fsp3) is 0.308. The fourth-order valence-corrected chi connectivity index (χ4v) is 2.22. The molecule has 1 heterocycles. The molecule has 1 aromatic heterocycles. The molecule has 0 bridgehead atoms. The molecule has 0 saturated heterocycles. The third-order valence-electron chi connectivity index (χ3n) is 3.10. The quantitative estimate of drug-likeness (QED) is 0.909. The maximum Gasteiger partial charge on any atom is 0.130 e. The first kappa shape index (κ1) is 13.1. The van der Waals surface area contributed by atoms with Crippen molar-refractivity contribution >= 4 is 11.6 Å². The van der Waals surface area contributed by atoms with Crippen LogP contribution in [-0.2, 0) is 7.05 Å². The highest BCUT2D eigenvalue weighted by molar-refractivity contribution is 6.30. The summed E-state index contributed by atoms with van der Waals surface area (Å²) in [5, 5.41) is 14.8. The molecule has 96 valence electrons. The van der Waals surface area contributed by atoms with E-state index in [1.165, 1.54) is 12.1 Å². The molecule has 0 aliphatic carbocycles. The topological polar surface area (TPSA) is 38.0 Å². The zero-order valence-electron chi connectivity index (χ0n) is 10.4. The first-order valence-corrected chi connectivity index (χ1v) is 5.92. The lowest BCUT2D eigenvalue weighted by atomic mass is 9.99. The maximum absolute atomic E-state index is 13.8. The number of rotatable bonds is 2. The van der Waals surface area contributed by atoms with Gasteiger partial charge in [-0.2, -0.15) is 5.10 Å². The third kappa shape index (κ3) is 2.13. The van der Waals surface area contributed by atoms with Gasteiger partial charge in [0.05, 0.1) is 5.69 Å². The summed E-state index contributed by atoms with van der Waals surface area (Å²) in [6.45, 7) is 3.63. The van der Waals surface area contributed by atoms with Crippen molar-refractivity contribution in [1.29, 1.82) is 0 Å². The highest BCUT2D eigenvalue weighted by Crippen LogP contribution is 2.29. The molecule has 1 unspecified atom stereocenters. The van der Waals surface area contributed by atoms with Gasteiger partial charge in [-0.25, -0.2) is 4.39 Å². The van der Waals surface area contributed by atoms with Gasteiger partial charge in [-0.1, -0.05) is 17.7 Å². The molecule has 0 spiro atoms. The number of aromatic nitrogens is 2. The van der Waals surface area contributed by atoms with Crippen LogP contribution in [0.1, 0.15) is 28.6 Å². The molecule has 0 aliphatic rings. The zero-order valence-corrected chi connectivity index (χ0v) is 11.2. The summed E-state index contributed by atoms with van der Waals surface area (Å²) in [7, 11) is 1.79. The number of benzene rings is 1. The number of aliphatic hydroxyl groups excluding tert-OH is 1. The van der Waals surface area contributed by atoms with Crippen LogP contribution in [0.25, 0.3) is 0 Å². The Hall–Kier alpha value is -1.39. The van der Waals surface area contributed by atoms with E-state index < -0.39 is 11.9 Å². The summed E-state index contributed by atoms with van der Waals surface area (Å²) in [6, 6.07) is 4.25. The molecule has 1 aromatic carbocycles. The minimum Gasteiger partial charge on any atom is -0.383 e. The third-order valence-corrected chi connectivity index (χ3v) is 3.33. The van der Waals surface area contributed by atoms with E-state index >= 15 is 0 Å². The Morgan fingerprint density at radius 2 is 2.06 bits per heavy atom. The highest BCUT2D eigenvalue weighted by atomic mass is 35.5. The molecule has 1 atom stereocenters. The lowest BCUT2D eigenvalue weighted by Crippen LogP contribution is -2.05. The number of aliphatic hydroxyl groups is 1. The summed E-state index contributed by atoms with van der Waals surface area (Å²) in [4.78, 5) is 0. The van der Waals surface area contributed by atoms with Gasteiger partial charge in [0, 0.05) is 28.9 Å². The Labute approximate surface area is 110 Å². The molecule has 0 amide bonds. The van der Waals surface area contributed by atoms with Crippen LogP contribution in [0.3, 0.4) is 0 Å². The predicted molar refractivity (Wildman–Crippen MR) is 68.2 cm³/mol. The van der Waals surface area contributed by atoms with Gasteiger partial charge >= 0.3 is 0 Å². The normalized spacial score (nSPS) is 12.8. The lowest BCUT2D eigenvalue weighted by molar-refractivity contribution is 0.213. The molecule has 3 nitrogen and oxygen atoms in total. The Morgan fingerprint density at radius 3 is 2.56 bits per heavy atom. The van der Waals surface area contributed by atoms with Gasteiger partial charge in [0.25, 0.3) is 0 Å². The summed E-state index contributed by atoms with van der Waals surface area (Å²) in [6.07, 6.45) is -1.03. The van der Waals surface area contributed by atoms with Crippen LogP contribution in [0.5, 0.6) is 0 Å². The Balaban J connectivity index is 2.51. The molecule has 2 aromatic rings. The number of hydrogen-bond donors (Lipinski definition) is 1. The van der Waals surface area contributed by atoms with Crippen molar-refractivity contribution in [3.05, 3.63) is 51.6 Å². The second-order valence-corrected chi connectivity index (χ2v) is 4.71. The van der Waals surface area contributed by atoms with E-state index in [1.54, 1.807) is 24.7 Å². The SMILES string of the molecule is Cc1nn(C)c(C)c1C(O)c1ccc(Cl)cc1F. The zero-order chi connectivity index (χ0) is 13.4. The van der Waals surface area contributed by atoms with E-state index in [-0.39, 0.29) is 5.56 Å². The van der Waals surface area contributed by atoms with Gasteiger partial charge < -0.3 is 5.11 Å². The fourth-order valence-electron chi connectivity index (χ4n) is 2.06. The smallest absolute Gasteiger partial charge is 0.130 e. The summed E-state index contributed by atoms with van der Waals surface area (Å²) in [5.74, 6) is -0.516. The summed E-state index contributed by atoms with van der Waals surface area (Å²) >= 11 is 5.70. The second kappa shape index (κ2) is 4.71. The molecule has 5 heteroatoms. The van der Waals surface area contributed by atoms with Crippen LogP contribution < -0.4 is 0 Å². The minimum atomic E-state index is -1.03. The van der Waals surface area contributed by atoms with Crippen LogP contribution in [0.2, 0.25) is 5.02 Å². The van der Waals surface area contributed by atoms with Crippen LogP contribution in [0.4, 0.5) is 4.39 Å². The van der Waals surface area contributed by atoms with Crippen molar-refractivity contribution < 1.29 is 9.50 Å². The first-order chi connectivity index (χ1) is 8.41. The van der Waals surface area contributed by atoms with Crippen molar-refractivity contribution in [3.63, 3.8) is 0 Å². The molecule has 2 rings (SSSR count). The monoisotopic (exact) mass is 268 g/mol. The van der Waals surface area contributed by atoms with Crippen molar-refractivity contribution in [2.75, 3.05) is 0 Å². The Kier molecular flexibility index (Phi) is 3.41. The van der Waals surface area contributed by atoms with Crippen LogP contribution in [0.15, 0.2) is 18.2 Å². The number of nitrogens with zero attached hydrogens (tertiary/aromatic N) is 2. The standard InChI is InChI=1S/C13H14ClFN2O/c1-7-12(8(2)17(3)16-7)13(18)10-5-4-9(14)6-11(10)15/h4-6,13,18H,1-3H3. The largest absolute Gasteiger partial charge is 0.383 e. The number of halogens is 2. The van der Waals surface area contributed by atoms with Gasteiger partial charge in [-0.05, 0) is 26.0 Å². The van der Waals surface area contributed by atoms with Crippen molar-refractivity contribution in [2.45, 2.75) is 20.0 Å². The van der Waals surface area contributed by atoms with Crippen molar-refractivity contribution in [3.8, 4) is 0 Å². The number of aryl methyl sites for hydroxylation is 2. The van der Waals surface area contributed by atoms with Crippen molar-refractivity contribution in [2.24, 2.45) is 7.05 Å². The van der Waals surface area contributed by atoms with E-state index in [9.17, 15) is 9.50 Å². The van der Waals surface area contributed by atoms with Gasteiger partial charge in [0.2, 0.25) is 0 Å². The summed E-state index contributed by atoms with van der Waals surface area (Å²) < 4.78 is 15.5. The van der Waals surface area contributed by atoms with Gasteiger partial charge in [0.1, 0.15) is 11.9 Å². The molecule has 0 fully saturated rings. The van der Waals surface area contributed by atoms with Crippen LogP contribution in [0, 0.1) is 19.7 Å². The van der Waals surface area contributed by atoms with Gasteiger partial charge in [-0.3, -0.25) is 4.68 Å². The van der Waals surface area contributed by atoms with E-state index in [0.717, 1.165) is 5.69 Å². The molecule has 1 N–H and O–H groups in total. The van der Waals surface area contributed by atoms with E-state index in [1.807, 2.05) is 6.92 Å². The molecule has 0 radical (unpaired) electrons. The molecule has 0 aliphatic heterocycles. The predicted octanol–water partition coefficient (Wildman–Crippen LogP) is 2.91. The number of hydrogen-bond acceptors (Lipinski definition) is 2. The van der Waals surface area contributed by atoms with Gasteiger partial charge in [-0.15, -0.1) is 0 Å². The second-order valence-electron chi connectivity index (χ2n) is 4.28. The average Bonchev–Trinajstić information content (AvgIpc) is 2.52. The Bertz CT molecular complexity index is 595. The van der Waals surface area contributed by atoms with E-state index in [0.29, 0.717) is 16.3 Å². The first-order valence-electron chi connectivity index (χ1n) is 5.55. The van der Waals surface area contributed by atoms with Crippen LogP contribution in [-0.4, -0.2) is 14.9 Å². The Morgan fingerprint density at radius 1 is 1.39 bits per heavy atom. The van der Waals surface area contributed by atoms with Crippen LogP contribution >= 0.6 is 11.6 Å². The maximum atomic E-state index is 13.8. The molecule has 18 heavy (non-hydrogen) atoms. The van der Waals surface area contributed by atoms with E-state index in [2.05, 4.69) is 5.10 Å². The van der Waals surface area contributed by atoms with E-state index in [4.69, 9.17) is 11.6 Å². The molecule has 0 saturated carbocycles. The average molecular weight is 269 g/mol. The molecular formula is C13H14ClFN2O. The van der Waals surface area contributed by atoms with Crippen molar-refractivity contribution in [1.82, 2.24) is 9.78 Å². The lowest BCUT2D eigenvalue weighted by Gasteiger charge is -2.13. The summed E-state index contributed by atoms with van der Waals surface area (Å²) in [5.41, 5.74) is 2.35. The highest BCUT2D eigenvalue weighted by Gasteiger charge is 2.22. The molecular weight excluding hydrogens is 255 g/mol. The van der Waals surface area contributed by atoms with Gasteiger partial charge in [0.15, 0.2) is 0 Å². The minimum absolute atomic E-state index is 0.207.